The maximum Gasteiger partial charge on any atom is 0.121 e. The largest absolute Gasteiger partial charge is 0.507 e. The van der Waals surface area contributed by atoms with E-state index in [1.54, 1.807) is 0 Å². The molecule has 0 bridgehead atoms. The number of aryl methyl sites for hydroxylation is 4. The Bertz CT molecular complexity index is 1110. The van der Waals surface area contributed by atoms with Crippen molar-refractivity contribution in [2.24, 2.45) is 0 Å². The van der Waals surface area contributed by atoms with Gasteiger partial charge in [0.25, 0.3) is 0 Å². The molecule has 0 heterocycles. The van der Waals surface area contributed by atoms with Crippen molar-refractivity contribution in [3.63, 3.8) is 0 Å². The van der Waals surface area contributed by atoms with Gasteiger partial charge in [-0.1, -0.05) is 250 Å². The standard InChI is InChI=1S/C16H18.C10H14O.2C6H6.6C2H6/c1-3-13-5-9-15(10-6-13)16-11-7-14(4-2)8-12-16;1-3-8-6-5-7-9(4-2)10(8)11;2*1-2-4-6-5-3-1;6*1-2/h5-12H,3-4H2,1-2H3;5-7,11H,3-4H2,1-2H3;2*1-6H;6*1-2H3. The average Bonchev–Trinajstić information content (AvgIpc) is 3.27. The van der Waals surface area contributed by atoms with Gasteiger partial charge in [0.05, 0.1) is 0 Å². The van der Waals surface area contributed by atoms with Crippen molar-refractivity contribution in [3.05, 3.63) is 162 Å². The molecule has 1 heteroatoms. The monoisotopic (exact) mass is 697 g/mol. The lowest BCUT2D eigenvalue weighted by atomic mass is 10.0. The molecule has 0 aliphatic heterocycles. The first-order valence-electron chi connectivity index (χ1n) is 20.1. The molecule has 0 spiro atoms. The maximum atomic E-state index is 9.59. The Morgan fingerprint density at radius 1 is 0.294 bits per heavy atom. The van der Waals surface area contributed by atoms with Gasteiger partial charge in [0.1, 0.15) is 5.75 Å². The Morgan fingerprint density at radius 3 is 0.686 bits per heavy atom. The van der Waals surface area contributed by atoms with Crippen LogP contribution in [0.3, 0.4) is 0 Å². The van der Waals surface area contributed by atoms with E-state index in [1.165, 1.54) is 22.3 Å². The van der Waals surface area contributed by atoms with Gasteiger partial charge in [-0.2, -0.15) is 0 Å². The van der Waals surface area contributed by atoms with Crippen LogP contribution in [-0.4, -0.2) is 5.11 Å². The van der Waals surface area contributed by atoms with Crippen molar-refractivity contribution in [1.29, 1.82) is 0 Å². The Kier molecular flexibility index (Phi) is 53.0. The zero-order valence-electron chi connectivity index (χ0n) is 36.1. The topological polar surface area (TPSA) is 20.2 Å². The van der Waals surface area contributed by atoms with Crippen LogP contribution in [0.5, 0.6) is 5.75 Å². The van der Waals surface area contributed by atoms with Crippen LogP contribution in [0.2, 0.25) is 0 Å². The van der Waals surface area contributed by atoms with Crippen LogP contribution in [0, 0.1) is 0 Å². The van der Waals surface area contributed by atoms with Crippen LogP contribution in [0.4, 0.5) is 0 Å². The van der Waals surface area contributed by atoms with E-state index in [-0.39, 0.29) is 0 Å². The first kappa shape index (κ1) is 56.3. The first-order valence-corrected chi connectivity index (χ1v) is 20.1. The van der Waals surface area contributed by atoms with Crippen molar-refractivity contribution in [3.8, 4) is 16.9 Å². The summed E-state index contributed by atoms with van der Waals surface area (Å²) in [6, 6.07) is 47.6. The Hall–Kier alpha value is -4.10. The normalized spacial score (nSPS) is 8.00. The minimum Gasteiger partial charge on any atom is -0.507 e. The molecule has 51 heavy (non-hydrogen) atoms. The van der Waals surface area contributed by atoms with E-state index in [0.29, 0.717) is 5.75 Å². The van der Waals surface area contributed by atoms with E-state index in [2.05, 4.69) is 76.2 Å². The van der Waals surface area contributed by atoms with Crippen molar-refractivity contribution in [1.82, 2.24) is 0 Å². The van der Waals surface area contributed by atoms with Gasteiger partial charge in [-0.15, -0.1) is 0 Å². The number of phenolic OH excluding ortho intramolecular Hbond substituents is 1. The van der Waals surface area contributed by atoms with Gasteiger partial charge in [-0.05, 0) is 59.1 Å². The third-order valence-electron chi connectivity index (χ3n) is 6.36. The number of hydrogen-bond donors (Lipinski definition) is 1. The van der Waals surface area contributed by atoms with Gasteiger partial charge in [0, 0.05) is 0 Å². The third-order valence-corrected chi connectivity index (χ3v) is 6.36. The van der Waals surface area contributed by atoms with Crippen LogP contribution < -0.4 is 0 Å². The number of benzene rings is 5. The van der Waals surface area contributed by atoms with Gasteiger partial charge >= 0.3 is 0 Å². The van der Waals surface area contributed by atoms with E-state index in [9.17, 15) is 5.11 Å². The van der Waals surface area contributed by atoms with Gasteiger partial charge in [-0.25, -0.2) is 0 Å². The van der Waals surface area contributed by atoms with Gasteiger partial charge in [-0.3, -0.25) is 0 Å². The second kappa shape index (κ2) is 48.0. The SMILES string of the molecule is CC.CC.CC.CC.CC.CC.CCc1ccc(-c2ccc(CC)cc2)cc1.CCc1cccc(CC)c1O.c1ccccc1.c1ccccc1. The lowest BCUT2D eigenvalue weighted by molar-refractivity contribution is 0.462. The summed E-state index contributed by atoms with van der Waals surface area (Å²) in [5.41, 5.74) is 7.50. The molecule has 0 aliphatic rings. The van der Waals surface area contributed by atoms with Crippen molar-refractivity contribution < 1.29 is 5.11 Å². The van der Waals surface area contributed by atoms with Crippen LogP contribution in [0.15, 0.2) is 140 Å². The highest BCUT2D eigenvalue weighted by Gasteiger charge is 2.02. The van der Waals surface area contributed by atoms with Crippen LogP contribution in [0.25, 0.3) is 11.1 Å². The molecule has 0 fully saturated rings. The summed E-state index contributed by atoms with van der Waals surface area (Å²) in [5.74, 6) is 0.484. The summed E-state index contributed by atoms with van der Waals surface area (Å²) in [6.07, 6.45) is 4.02. The summed E-state index contributed by atoms with van der Waals surface area (Å²) < 4.78 is 0. The quantitative estimate of drug-likeness (QED) is 0.194. The highest BCUT2D eigenvalue weighted by molar-refractivity contribution is 5.64. The highest BCUT2D eigenvalue weighted by Crippen LogP contribution is 2.23. The molecule has 1 N–H and O–H groups in total. The lowest BCUT2D eigenvalue weighted by Gasteiger charge is -2.05. The smallest absolute Gasteiger partial charge is 0.121 e. The molecule has 0 saturated heterocycles. The second-order valence-electron chi connectivity index (χ2n) is 9.04. The molecule has 0 aromatic heterocycles. The number of rotatable bonds is 5. The Balaban J connectivity index is -0.000000176. The number of aromatic hydroxyl groups is 1. The third kappa shape index (κ3) is 30.4. The predicted molar refractivity (Wildman–Crippen MR) is 238 cm³/mol. The molecule has 0 saturated carbocycles. The van der Waals surface area contributed by atoms with E-state index in [4.69, 9.17) is 0 Å². The van der Waals surface area contributed by atoms with Gasteiger partial charge in [0.15, 0.2) is 0 Å². The maximum absolute atomic E-state index is 9.59. The average molecular weight is 697 g/mol. The molecule has 0 amide bonds. The highest BCUT2D eigenvalue weighted by atomic mass is 16.3. The van der Waals surface area contributed by atoms with Gasteiger partial charge in [0.2, 0.25) is 0 Å². The zero-order valence-corrected chi connectivity index (χ0v) is 36.1. The number of hydrogen-bond acceptors (Lipinski definition) is 1. The molecule has 1 nitrogen and oxygen atoms in total. The van der Waals surface area contributed by atoms with Crippen LogP contribution in [-0.2, 0) is 25.7 Å². The minimum atomic E-state index is 0.484. The molecular formula is C50H80O. The first-order chi connectivity index (χ1) is 25.1. The van der Waals surface area contributed by atoms with Crippen LogP contribution >= 0.6 is 0 Å². The number of para-hydroxylation sites is 1. The zero-order chi connectivity index (χ0) is 40.1. The molecule has 0 radical (unpaired) electrons. The van der Waals surface area contributed by atoms with Crippen molar-refractivity contribution in [2.75, 3.05) is 0 Å². The fourth-order valence-corrected chi connectivity index (χ4v) is 3.85. The molecule has 5 aromatic carbocycles. The second-order valence-corrected chi connectivity index (χ2v) is 9.04. The summed E-state index contributed by atoms with van der Waals surface area (Å²) in [5, 5.41) is 9.59. The molecule has 5 aromatic rings. The Morgan fingerprint density at radius 2 is 0.510 bits per heavy atom. The van der Waals surface area contributed by atoms with E-state index >= 15 is 0 Å². The fourth-order valence-electron chi connectivity index (χ4n) is 3.85. The van der Waals surface area contributed by atoms with Gasteiger partial charge < -0.3 is 5.11 Å². The van der Waals surface area contributed by atoms with E-state index in [0.717, 1.165) is 36.8 Å². The lowest BCUT2D eigenvalue weighted by Crippen LogP contribution is -1.86. The fraction of sp³-hybridized carbons (Fsp3) is 0.400. The van der Waals surface area contributed by atoms with E-state index < -0.39 is 0 Å². The summed E-state index contributed by atoms with van der Waals surface area (Å²) >= 11 is 0. The Labute approximate surface area is 319 Å². The molecule has 0 atom stereocenters. The van der Waals surface area contributed by atoms with Crippen LogP contribution in [0.1, 0.15) is 133 Å². The van der Waals surface area contributed by atoms with E-state index in [1.807, 2.05) is 174 Å². The summed E-state index contributed by atoms with van der Waals surface area (Å²) in [7, 11) is 0. The molecular weight excluding hydrogens is 617 g/mol. The summed E-state index contributed by atoms with van der Waals surface area (Å²) in [4.78, 5) is 0. The van der Waals surface area contributed by atoms with Crippen molar-refractivity contribution in [2.45, 2.75) is 136 Å². The molecule has 5 rings (SSSR count). The van der Waals surface area contributed by atoms with Crippen molar-refractivity contribution >= 4 is 0 Å². The predicted octanol–water partition coefficient (Wildman–Crippen LogP) is 16.5. The molecule has 0 unspecified atom stereocenters. The number of phenols is 1. The molecule has 286 valence electrons. The molecule has 0 aliphatic carbocycles. The summed E-state index contributed by atoms with van der Waals surface area (Å²) in [6.45, 7) is 32.5. The minimum absolute atomic E-state index is 0.484.